The van der Waals surface area contributed by atoms with Crippen LogP contribution in [-0.2, 0) is 11.3 Å². The first-order chi connectivity index (χ1) is 13.2. The number of nitrogens with one attached hydrogen (secondary N) is 1. The third-order valence-electron chi connectivity index (χ3n) is 5.67. The maximum Gasteiger partial charge on any atom is 0.226 e. The van der Waals surface area contributed by atoms with Crippen LogP contribution in [0.5, 0.6) is 5.75 Å². The van der Waals surface area contributed by atoms with Gasteiger partial charge in [0.05, 0.1) is 12.8 Å². The van der Waals surface area contributed by atoms with Gasteiger partial charge in [-0.15, -0.1) is 0 Å². The average molecular weight is 369 g/mol. The number of amides is 1. The van der Waals surface area contributed by atoms with Gasteiger partial charge in [-0.1, -0.05) is 31.4 Å². The molecule has 0 bridgehead atoms. The summed E-state index contributed by atoms with van der Waals surface area (Å²) in [5.41, 5.74) is 2.11. The molecule has 1 aliphatic heterocycles. The topological polar surface area (TPSA) is 76.4 Å². The van der Waals surface area contributed by atoms with Crippen LogP contribution in [0, 0.1) is 5.92 Å². The van der Waals surface area contributed by atoms with Gasteiger partial charge in [0.25, 0.3) is 0 Å². The summed E-state index contributed by atoms with van der Waals surface area (Å²) in [6, 6.07) is 7.79. The van der Waals surface area contributed by atoms with Crippen LogP contribution >= 0.6 is 0 Å². The van der Waals surface area contributed by atoms with Gasteiger partial charge >= 0.3 is 0 Å². The van der Waals surface area contributed by atoms with E-state index in [4.69, 9.17) is 9.84 Å². The molecule has 1 fully saturated rings. The van der Waals surface area contributed by atoms with Crippen LogP contribution in [0.3, 0.4) is 0 Å². The number of aromatic nitrogens is 2. The minimum atomic E-state index is -0.0217. The Morgan fingerprint density at radius 3 is 2.93 bits per heavy atom. The number of carbonyl (C=O) groups excluding carboxylic acids is 1. The van der Waals surface area contributed by atoms with E-state index in [9.17, 15) is 4.79 Å². The molecule has 1 atom stereocenters. The van der Waals surface area contributed by atoms with Crippen molar-refractivity contribution >= 4 is 11.7 Å². The fourth-order valence-corrected chi connectivity index (χ4v) is 4.30. The van der Waals surface area contributed by atoms with E-state index in [-0.39, 0.29) is 25.0 Å². The minimum absolute atomic E-state index is 0.0197. The molecule has 27 heavy (non-hydrogen) atoms. The summed E-state index contributed by atoms with van der Waals surface area (Å²) in [7, 11) is 0. The number of aliphatic hydroxyl groups is 1. The minimum Gasteiger partial charge on any atom is -0.491 e. The molecule has 6 heteroatoms. The molecule has 6 nitrogen and oxygen atoms in total. The normalized spacial score (nSPS) is 20.2. The van der Waals surface area contributed by atoms with Crippen molar-refractivity contribution in [2.24, 2.45) is 5.92 Å². The van der Waals surface area contributed by atoms with E-state index in [2.05, 4.69) is 10.4 Å². The second kappa shape index (κ2) is 8.13. The van der Waals surface area contributed by atoms with Crippen molar-refractivity contribution in [2.45, 2.75) is 51.0 Å². The molecule has 1 aliphatic carbocycles. The van der Waals surface area contributed by atoms with Gasteiger partial charge in [0, 0.05) is 24.4 Å². The Bertz CT molecular complexity index is 796. The van der Waals surface area contributed by atoms with Crippen LogP contribution < -0.4 is 10.1 Å². The summed E-state index contributed by atoms with van der Waals surface area (Å²) < 4.78 is 7.52. The molecule has 1 aromatic heterocycles. The van der Waals surface area contributed by atoms with Gasteiger partial charge in [-0.05, 0) is 36.5 Å². The molecule has 1 amide bonds. The van der Waals surface area contributed by atoms with E-state index in [1.807, 2.05) is 35.1 Å². The van der Waals surface area contributed by atoms with Crippen LogP contribution in [0.25, 0.3) is 0 Å². The lowest BCUT2D eigenvalue weighted by Crippen LogP contribution is -2.26. The van der Waals surface area contributed by atoms with Crippen molar-refractivity contribution in [2.75, 3.05) is 18.5 Å². The lowest BCUT2D eigenvalue weighted by Gasteiger charge is -2.26. The van der Waals surface area contributed by atoms with Gasteiger partial charge in [-0.3, -0.25) is 4.79 Å². The molecule has 0 spiro atoms. The van der Waals surface area contributed by atoms with Gasteiger partial charge < -0.3 is 15.2 Å². The van der Waals surface area contributed by atoms with E-state index in [1.165, 1.54) is 32.1 Å². The summed E-state index contributed by atoms with van der Waals surface area (Å²) >= 11 is 0. The van der Waals surface area contributed by atoms with Crippen molar-refractivity contribution in [3.8, 4) is 5.75 Å². The van der Waals surface area contributed by atoms with E-state index in [0.717, 1.165) is 23.5 Å². The Morgan fingerprint density at radius 2 is 2.11 bits per heavy atom. The monoisotopic (exact) mass is 369 g/mol. The van der Waals surface area contributed by atoms with Gasteiger partial charge in [-0.2, -0.15) is 5.10 Å². The summed E-state index contributed by atoms with van der Waals surface area (Å²) in [6.07, 6.45) is 8.73. The highest BCUT2D eigenvalue weighted by atomic mass is 16.5. The van der Waals surface area contributed by atoms with E-state index >= 15 is 0 Å². The molecular weight excluding hydrogens is 342 g/mol. The number of benzene rings is 1. The van der Waals surface area contributed by atoms with Crippen molar-refractivity contribution in [1.29, 1.82) is 0 Å². The average Bonchev–Trinajstić information content (AvgIpc) is 3.09. The zero-order valence-electron chi connectivity index (χ0n) is 15.6. The summed E-state index contributed by atoms with van der Waals surface area (Å²) in [6.45, 7) is 1.12. The molecule has 1 unspecified atom stereocenters. The summed E-state index contributed by atoms with van der Waals surface area (Å²) in [4.78, 5) is 12.4. The number of aliphatic hydroxyl groups excluding tert-OH is 1. The van der Waals surface area contributed by atoms with Crippen molar-refractivity contribution in [3.05, 3.63) is 41.6 Å². The number of rotatable bonds is 6. The molecule has 4 rings (SSSR count). The second-order valence-electron chi connectivity index (χ2n) is 7.58. The molecule has 2 aromatic rings. The number of nitrogens with zero attached hydrogens (tertiary/aromatic N) is 2. The van der Waals surface area contributed by atoms with Gasteiger partial charge in [0.2, 0.25) is 5.91 Å². The van der Waals surface area contributed by atoms with Crippen LogP contribution in [0.1, 0.15) is 55.6 Å². The fraction of sp³-hybridized carbons (Fsp3) is 0.524. The molecule has 144 valence electrons. The third-order valence-corrected chi connectivity index (χ3v) is 5.67. The first-order valence-electron chi connectivity index (χ1n) is 9.94. The van der Waals surface area contributed by atoms with Crippen molar-refractivity contribution < 1.29 is 14.6 Å². The highest BCUT2D eigenvalue weighted by molar-refractivity contribution is 5.94. The molecule has 0 radical (unpaired) electrons. The van der Waals surface area contributed by atoms with Gasteiger partial charge in [0.15, 0.2) is 0 Å². The molecule has 2 aliphatic rings. The standard InChI is InChI=1S/C21H27N3O3/c25-9-10-27-17-8-4-7-16(11-17)18-12-20(26)23-21-19(18)13-22-24(21)14-15-5-2-1-3-6-15/h4,7-8,11,13,15,18,25H,1-3,5-6,9-10,12,14H2,(H,23,26). The number of anilines is 1. The van der Waals surface area contributed by atoms with Crippen LogP contribution in [0.15, 0.2) is 30.5 Å². The molecule has 1 aromatic carbocycles. The quantitative estimate of drug-likeness (QED) is 0.819. The van der Waals surface area contributed by atoms with E-state index in [0.29, 0.717) is 18.1 Å². The zero-order valence-corrected chi connectivity index (χ0v) is 15.6. The highest BCUT2D eigenvalue weighted by Crippen LogP contribution is 2.38. The van der Waals surface area contributed by atoms with Gasteiger partial charge in [0.1, 0.15) is 18.2 Å². The van der Waals surface area contributed by atoms with Crippen LogP contribution in [0.4, 0.5) is 5.82 Å². The Morgan fingerprint density at radius 1 is 1.26 bits per heavy atom. The summed E-state index contributed by atoms with van der Waals surface area (Å²) in [5, 5.41) is 16.6. The lowest BCUT2D eigenvalue weighted by molar-refractivity contribution is -0.116. The Hall–Kier alpha value is -2.34. The smallest absolute Gasteiger partial charge is 0.226 e. The number of hydrogen-bond acceptors (Lipinski definition) is 4. The maximum atomic E-state index is 12.4. The SMILES string of the molecule is O=C1CC(c2cccc(OCCO)c2)c2cnn(CC3CCCCC3)c2N1. The Balaban J connectivity index is 1.59. The highest BCUT2D eigenvalue weighted by Gasteiger charge is 2.30. The first-order valence-corrected chi connectivity index (χ1v) is 9.94. The fourth-order valence-electron chi connectivity index (χ4n) is 4.30. The number of fused-ring (bicyclic) bond motifs is 1. The Kier molecular flexibility index (Phi) is 5.43. The third kappa shape index (κ3) is 4.00. The lowest BCUT2D eigenvalue weighted by atomic mass is 9.87. The maximum absolute atomic E-state index is 12.4. The molecule has 0 saturated heterocycles. The van der Waals surface area contributed by atoms with Gasteiger partial charge in [-0.25, -0.2) is 4.68 Å². The molecule has 2 N–H and O–H groups in total. The Labute approximate surface area is 159 Å². The number of carbonyl (C=O) groups is 1. The molecular formula is C21H27N3O3. The predicted octanol–water partition coefficient (Wildman–Crippen LogP) is 3.31. The van der Waals surface area contributed by atoms with E-state index < -0.39 is 0 Å². The number of hydrogen-bond donors (Lipinski definition) is 2. The first kappa shape index (κ1) is 18.0. The second-order valence-corrected chi connectivity index (χ2v) is 7.58. The molecule has 2 heterocycles. The molecule has 1 saturated carbocycles. The van der Waals surface area contributed by atoms with Crippen LogP contribution in [0.2, 0.25) is 0 Å². The number of ether oxygens (including phenoxy) is 1. The zero-order chi connectivity index (χ0) is 18.6. The van der Waals surface area contributed by atoms with E-state index in [1.54, 1.807) is 0 Å². The van der Waals surface area contributed by atoms with Crippen molar-refractivity contribution in [3.63, 3.8) is 0 Å². The van der Waals surface area contributed by atoms with Crippen LogP contribution in [-0.4, -0.2) is 34.0 Å². The summed E-state index contributed by atoms with van der Waals surface area (Å²) in [5.74, 6) is 2.22. The van der Waals surface area contributed by atoms with Crippen molar-refractivity contribution in [1.82, 2.24) is 9.78 Å². The largest absolute Gasteiger partial charge is 0.491 e. The predicted molar refractivity (Wildman–Crippen MR) is 103 cm³/mol.